The number of amides is 1. The first-order valence-corrected chi connectivity index (χ1v) is 8.96. The van der Waals surface area contributed by atoms with E-state index in [1.165, 1.54) is 12.0 Å². The average molecular weight is 315 g/mol. The van der Waals surface area contributed by atoms with Crippen LogP contribution >= 0.6 is 0 Å². The highest BCUT2D eigenvalue weighted by Crippen LogP contribution is 2.28. The highest BCUT2D eigenvalue weighted by atomic mass is 16.2. The molecule has 2 aliphatic rings. The van der Waals surface area contributed by atoms with Crippen LogP contribution in [0.5, 0.6) is 0 Å². The lowest BCUT2D eigenvalue weighted by Gasteiger charge is -2.36. The first-order chi connectivity index (χ1) is 11.2. The number of carbonyl (C=O) groups excluding carboxylic acids is 1. The number of likely N-dealkylation sites (N-methyl/N-ethyl adjacent to an activating group) is 1. The number of hydrogen-bond acceptors (Lipinski definition) is 3. The number of piperazine rings is 1. The minimum atomic E-state index is 0.284. The predicted molar refractivity (Wildman–Crippen MR) is 93.1 cm³/mol. The van der Waals surface area contributed by atoms with Crippen LogP contribution in [-0.2, 0) is 11.3 Å². The van der Waals surface area contributed by atoms with Gasteiger partial charge in [0.25, 0.3) is 0 Å². The molecule has 1 aliphatic heterocycles. The highest BCUT2D eigenvalue weighted by molar-refractivity contribution is 5.79. The minimum absolute atomic E-state index is 0.284. The third kappa shape index (κ3) is 4.55. The molecule has 1 aliphatic carbocycles. The van der Waals surface area contributed by atoms with E-state index in [1.807, 2.05) is 6.07 Å². The molecule has 0 bridgehead atoms. The van der Waals surface area contributed by atoms with Crippen molar-refractivity contribution in [3.8, 4) is 0 Å². The van der Waals surface area contributed by atoms with Gasteiger partial charge in [0.15, 0.2) is 0 Å². The van der Waals surface area contributed by atoms with Gasteiger partial charge in [-0.05, 0) is 25.5 Å². The lowest BCUT2D eigenvalue weighted by atomic mass is 9.84. The molecule has 0 radical (unpaired) electrons. The molecule has 2 fully saturated rings. The quantitative estimate of drug-likeness (QED) is 0.804. The zero-order chi connectivity index (χ0) is 16.1. The lowest BCUT2D eigenvalue weighted by molar-refractivity contribution is -0.139. The molecule has 23 heavy (non-hydrogen) atoms. The van der Waals surface area contributed by atoms with E-state index in [0.717, 1.165) is 58.7 Å². The Morgan fingerprint density at radius 2 is 1.83 bits per heavy atom. The summed E-state index contributed by atoms with van der Waals surface area (Å²) in [6, 6.07) is 10.4. The van der Waals surface area contributed by atoms with Gasteiger partial charge in [-0.1, -0.05) is 36.8 Å². The van der Waals surface area contributed by atoms with Crippen molar-refractivity contribution in [3.05, 3.63) is 35.9 Å². The van der Waals surface area contributed by atoms with Crippen LogP contribution in [0.3, 0.4) is 0 Å². The van der Waals surface area contributed by atoms with Crippen LogP contribution < -0.4 is 0 Å². The van der Waals surface area contributed by atoms with E-state index in [9.17, 15) is 4.79 Å². The molecule has 3 rings (SSSR count). The fourth-order valence-electron chi connectivity index (χ4n) is 3.32. The molecule has 1 amide bonds. The molecular weight excluding hydrogens is 286 g/mol. The Hall–Kier alpha value is -1.39. The van der Waals surface area contributed by atoms with Crippen molar-refractivity contribution in [1.29, 1.82) is 0 Å². The van der Waals surface area contributed by atoms with Crippen molar-refractivity contribution in [2.24, 2.45) is 5.92 Å². The molecule has 0 spiro atoms. The Labute approximate surface area is 140 Å². The standard InChI is InChI=1S/C19H29N3O/c1-20-10-12-21(13-11-20)14-15-22(19(23)18-8-5-9-18)16-17-6-3-2-4-7-17/h2-4,6-7,18H,5,8-16H2,1H3. The number of carbonyl (C=O) groups is 1. The SMILES string of the molecule is CN1CCN(CCN(Cc2ccccc2)C(=O)C2CCC2)CC1. The van der Waals surface area contributed by atoms with Crippen LogP contribution in [-0.4, -0.2) is 66.9 Å². The largest absolute Gasteiger partial charge is 0.337 e. The molecule has 1 heterocycles. The maximum atomic E-state index is 12.8. The fourth-order valence-corrected chi connectivity index (χ4v) is 3.32. The van der Waals surface area contributed by atoms with Crippen molar-refractivity contribution in [3.63, 3.8) is 0 Å². The summed E-state index contributed by atoms with van der Waals surface area (Å²) in [4.78, 5) is 19.7. The van der Waals surface area contributed by atoms with Crippen LogP contribution in [0.4, 0.5) is 0 Å². The van der Waals surface area contributed by atoms with E-state index >= 15 is 0 Å². The van der Waals surface area contributed by atoms with Gasteiger partial charge >= 0.3 is 0 Å². The Balaban J connectivity index is 1.57. The summed E-state index contributed by atoms with van der Waals surface area (Å²) in [6.45, 7) is 7.11. The van der Waals surface area contributed by atoms with Crippen molar-refractivity contribution in [2.45, 2.75) is 25.8 Å². The summed E-state index contributed by atoms with van der Waals surface area (Å²) in [7, 11) is 2.18. The second-order valence-electron chi connectivity index (χ2n) is 7.02. The maximum absolute atomic E-state index is 12.8. The van der Waals surface area contributed by atoms with Crippen LogP contribution in [0.25, 0.3) is 0 Å². The topological polar surface area (TPSA) is 26.8 Å². The highest BCUT2D eigenvalue weighted by Gasteiger charge is 2.29. The van der Waals surface area contributed by atoms with Gasteiger partial charge in [0.05, 0.1) is 0 Å². The van der Waals surface area contributed by atoms with E-state index in [-0.39, 0.29) is 5.92 Å². The number of nitrogens with zero attached hydrogens (tertiary/aromatic N) is 3. The van der Waals surface area contributed by atoms with Gasteiger partial charge in [0.2, 0.25) is 5.91 Å². The minimum Gasteiger partial charge on any atom is -0.337 e. The Morgan fingerprint density at radius 3 is 2.43 bits per heavy atom. The molecule has 4 heteroatoms. The summed E-state index contributed by atoms with van der Waals surface area (Å²) in [6.07, 6.45) is 3.38. The van der Waals surface area contributed by atoms with Crippen LogP contribution in [0.1, 0.15) is 24.8 Å². The van der Waals surface area contributed by atoms with E-state index in [2.05, 4.69) is 46.0 Å². The normalized spacial score (nSPS) is 20.2. The van der Waals surface area contributed by atoms with Gasteiger partial charge < -0.3 is 9.80 Å². The van der Waals surface area contributed by atoms with Crippen LogP contribution in [0.15, 0.2) is 30.3 Å². The molecule has 1 saturated heterocycles. The second kappa shape index (κ2) is 7.93. The third-order valence-corrected chi connectivity index (χ3v) is 5.26. The molecule has 0 N–H and O–H groups in total. The monoisotopic (exact) mass is 315 g/mol. The van der Waals surface area contributed by atoms with E-state index in [4.69, 9.17) is 0 Å². The molecule has 0 unspecified atom stereocenters. The fraction of sp³-hybridized carbons (Fsp3) is 0.632. The van der Waals surface area contributed by atoms with Crippen molar-refractivity contribution < 1.29 is 4.79 Å². The van der Waals surface area contributed by atoms with E-state index < -0.39 is 0 Å². The van der Waals surface area contributed by atoms with Gasteiger partial charge in [0.1, 0.15) is 0 Å². The van der Waals surface area contributed by atoms with Gasteiger partial charge in [-0.25, -0.2) is 0 Å². The first kappa shape index (κ1) is 16.5. The van der Waals surface area contributed by atoms with Gasteiger partial charge in [0, 0.05) is 51.7 Å². The average Bonchev–Trinajstić information content (AvgIpc) is 2.52. The summed E-state index contributed by atoms with van der Waals surface area (Å²) < 4.78 is 0. The predicted octanol–water partition coefficient (Wildman–Crippen LogP) is 2.06. The van der Waals surface area contributed by atoms with Gasteiger partial charge in [-0.2, -0.15) is 0 Å². The first-order valence-electron chi connectivity index (χ1n) is 8.96. The zero-order valence-corrected chi connectivity index (χ0v) is 14.3. The summed E-state index contributed by atoms with van der Waals surface area (Å²) in [5.74, 6) is 0.653. The van der Waals surface area contributed by atoms with Crippen LogP contribution in [0.2, 0.25) is 0 Å². The Morgan fingerprint density at radius 1 is 1.13 bits per heavy atom. The molecular formula is C19H29N3O. The molecule has 0 aromatic heterocycles. The zero-order valence-electron chi connectivity index (χ0n) is 14.3. The van der Waals surface area contributed by atoms with Crippen molar-refractivity contribution in [1.82, 2.24) is 14.7 Å². The summed E-state index contributed by atoms with van der Waals surface area (Å²) in [5.41, 5.74) is 1.23. The molecule has 1 aromatic carbocycles. The summed E-state index contributed by atoms with van der Waals surface area (Å²) >= 11 is 0. The van der Waals surface area contributed by atoms with Gasteiger partial charge in [-0.3, -0.25) is 9.69 Å². The molecule has 1 saturated carbocycles. The number of rotatable bonds is 6. The molecule has 4 nitrogen and oxygen atoms in total. The van der Waals surface area contributed by atoms with Gasteiger partial charge in [-0.15, -0.1) is 0 Å². The third-order valence-electron chi connectivity index (χ3n) is 5.26. The second-order valence-corrected chi connectivity index (χ2v) is 7.02. The number of benzene rings is 1. The van der Waals surface area contributed by atoms with Crippen molar-refractivity contribution in [2.75, 3.05) is 46.3 Å². The van der Waals surface area contributed by atoms with Crippen LogP contribution in [0, 0.1) is 5.92 Å². The summed E-state index contributed by atoms with van der Waals surface area (Å²) in [5, 5.41) is 0. The Bertz CT molecular complexity index is 493. The molecule has 0 atom stereocenters. The molecule has 126 valence electrons. The maximum Gasteiger partial charge on any atom is 0.226 e. The smallest absolute Gasteiger partial charge is 0.226 e. The Kier molecular flexibility index (Phi) is 5.68. The van der Waals surface area contributed by atoms with E-state index in [1.54, 1.807) is 0 Å². The lowest BCUT2D eigenvalue weighted by Crippen LogP contribution is -2.48. The molecule has 1 aromatic rings. The van der Waals surface area contributed by atoms with Crippen molar-refractivity contribution >= 4 is 5.91 Å². The number of hydrogen-bond donors (Lipinski definition) is 0. The van der Waals surface area contributed by atoms with E-state index in [0.29, 0.717) is 5.91 Å².